The summed E-state index contributed by atoms with van der Waals surface area (Å²) in [5, 5.41) is 3.88. The topological polar surface area (TPSA) is 60.5 Å². The number of fused-ring (bicyclic) bond motifs is 1. The lowest BCUT2D eigenvalue weighted by atomic mass is 10.2. The SMILES string of the molecule is Cc1nc(-c2ccccc2)sc1CNC(=O)/C=C/c1ccc2c(c1)OCO2. The van der Waals surface area contributed by atoms with Crippen molar-refractivity contribution in [1.29, 1.82) is 0 Å². The van der Waals surface area contributed by atoms with Crippen molar-refractivity contribution < 1.29 is 14.3 Å². The molecule has 0 fully saturated rings. The fourth-order valence-electron chi connectivity index (χ4n) is 2.71. The van der Waals surface area contributed by atoms with E-state index in [1.807, 2.05) is 55.5 Å². The third-order valence-electron chi connectivity index (χ3n) is 4.16. The van der Waals surface area contributed by atoms with Crippen molar-refractivity contribution >= 4 is 23.3 Å². The first-order chi connectivity index (χ1) is 13.2. The minimum Gasteiger partial charge on any atom is -0.454 e. The van der Waals surface area contributed by atoms with Crippen LogP contribution in [0, 0.1) is 6.92 Å². The first-order valence-electron chi connectivity index (χ1n) is 8.56. The Balaban J connectivity index is 1.37. The predicted octanol–water partition coefficient (Wildman–Crippen LogP) is 4.18. The highest BCUT2D eigenvalue weighted by Gasteiger charge is 2.12. The summed E-state index contributed by atoms with van der Waals surface area (Å²) in [7, 11) is 0. The molecule has 0 atom stereocenters. The van der Waals surface area contributed by atoms with Gasteiger partial charge in [-0.15, -0.1) is 11.3 Å². The number of nitrogens with one attached hydrogen (secondary N) is 1. The molecule has 4 rings (SSSR count). The fraction of sp³-hybridized carbons (Fsp3) is 0.143. The first-order valence-corrected chi connectivity index (χ1v) is 9.38. The van der Waals surface area contributed by atoms with Gasteiger partial charge < -0.3 is 14.8 Å². The molecule has 0 unspecified atom stereocenters. The van der Waals surface area contributed by atoms with Gasteiger partial charge in [-0.3, -0.25) is 4.79 Å². The second-order valence-electron chi connectivity index (χ2n) is 6.06. The summed E-state index contributed by atoms with van der Waals surface area (Å²) >= 11 is 1.60. The van der Waals surface area contributed by atoms with Crippen LogP contribution in [-0.4, -0.2) is 17.7 Å². The Morgan fingerprint density at radius 1 is 1.19 bits per heavy atom. The maximum absolute atomic E-state index is 12.1. The number of aromatic nitrogens is 1. The molecule has 0 spiro atoms. The van der Waals surface area contributed by atoms with Crippen LogP contribution in [0.4, 0.5) is 0 Å². The summed E-state index contributed by atoms with van der Waals surface area (Å²) in [5.74, 6) is 1.28. The number of hydrogen-bond donors (Lipinski definition) is 1. The molecule has 0 aliphatic carbocycles. The summed E-state index contributed by atoms with van der Waals surface area (Å²) in [6, 6.07) is 15.6. The smallest absolute Gasteiger partial charge is 0.244 e. The number of carbonyl (C=O) groups is 1. The molecule has 1 aromatic heterocycles. The molecule has 1 aliphatic heterocycles. The molecule has 3 aromatic rings. The van der Waals surface area contributed by atoms with Gasteiger partial charge in [0.1, 0.15) is 5.01 Å². The third-order valence-corrected chi connectivity index (χ3v) is 5.37. The predicted molar refractivity (Wildman–Crippen MR) is 106 cm³/mol. The highest BCUT2D eigenvalue weighted by Crippen LogP contribution is 2.32. The van der Waals surface area contributed by atoms with Crippen LogP contribution in [0.15, 0.2) is 54.6 Å². The van der Waals surface area contributed by atoms with E-state index in [2.05, 4.69) is 10.3 Å². The molecule has 5 nitrogen and oxygen atoms in total. The average molecular weight is 378 g/mol. The van der Waals surface area contributed by atoms with Crippen molar-refractivity contribution in [3.05, 3.63) is 70.7 Å². The molecular formula is C21H18N2O3S. The molecule has 2 aromatic carbocycles. The van der Waals surface area contributed by atoms with Gasteiger partial charge in [-0.05, 0) is 30.7 Å². The number of rotatable bonds is 5. The first kappa shape index (κ1) is 17.3. The van der Waals surface area contributed by atoms with Crippen LogP contribution in [0.2, 0.25) is 0 Å². The Labute approximate surface area is 161 Å². The summed E-state index contributed by atoms with van der Waals surface area (Å²) in [4.78, 5) is 17.8. The van der Waals surface area contributed by atoms with Gasteiger partial charge in [-0.2, -0.15) is 0 Å². The Bertz CT molecular complexity index is 996. The number of ether oxygens (including phenoxy) is 2. The molecule has 6 heteroatoms. The lowest BCUT2D eigenvalue weighted by Gasteiger charge is -2.01. The molecule has 1 N–H and O–H groups in total. The molecule has 1 amide bonds. The third kappa shape index (κ3) is 4.01. The summed E-state index contributed by atoms with van der Waals surface area (Å²) < 4.78 is 10.6. The molecular weight excluding hydrogens is 360 g/mol. The Kier molecular flexibility index (Phi) is 4.89. The fourth-order valence-corrected chi connectivity index (χ4v) is 3.72. The average Bonchev–Trinajstić information content (AvgIpc) is 3.31. The Morgan fingerprint density at radius 2 is 2.00 bits per heavy atom. The number of thiazole rings is 1. The van der Waals surface area contributed by atoms with Crippen molar-refractivity contribution in [1.82, 2.24) is 10.3 Å². The van der Waals surface area contributed by atoms with E-state index in [0.717, 1.165) is 32.5 Å². The highest BCUT2D eigenvalue weighted by molar-refractivity contribution is 7.15. The van der Waals surface area contributed by atoms with Crippen molar-refractivity contribution in [2.75, 3.05) is 6.79 Å². The lowest BCUT2D eigenvalue weighted by molar-refractivity contribution is -0.116. The zero-order valence-electron chi connectivity index (χ0n) is 14.8. The second kappa shape index (κ2) is 7.63. The highest BCUT2D eigenvalue weighted by atomic mass is 32.1. The number of amides is 1. The van der Waals surface area contributed by atoms with Gasteiger partial charge in [0.05, 0.1) is 12.2 Å². The number of aryl methyl sites for hydroxylation is 1. The summed E-state index contributed by atoms with van der Waals surface area (Å²) in [5.41, 5.74) is 2.92. The van der Waals surface area contributed by atoms with E-state index in [-0.39, 0.29) is 12.7 Å². The second-order valence-corrected chi connectivity index (χ2v) is 7.14. The Hall–Kier alpha value is -3.12. The van der Waals surface area contributed by atoms with Crippen molar-refractivity contribution in [3.8, 4) is 22.1 Å². The van der Waals surface area contributed by atoms with E-state index in [1.54, 1.807) is 17.4 Å². The molecule has 1 aliphatic rings. The molecule has 0 radical (unpaired) electrons. The van der Waals surface area contributed by atoms with Gasteiger partial charge in [0.25, 0.3) is 0 Å². The van der Waals surface area contributed by atoms with Crippen LogP contribution in [-0.2, 0) is 11.3 Å². The van der Waals surface area contributed by atoms with Gasteiger partial charge in [0, 0.05) is 16.5 Å². The molecule has 0 saturated heterocycles. The quantitative estimate of drug-likeness (QED) is 0.677. The van der Waals surface area contributed by atoms with Crippen LogP contribution in [0.1, 0.15) is 16.1 Å². The van der Waals surface area contributed by atoms with E-state index in [4.69, 9.17) is 9.47 Å². The van der Waals surface area contributed by atoms with Gasteiger partial charge >= 0.3 is 0 Å². The lowest BCUT2D eigenvalue weighted by Crippen LogP contribution is -2.20. The van der Waals surface area contributed by atoms with Crippen LogP contribution in [0.3, 0.4) is 0 Å². The molecule has 0 bridgehead atoms. The number of nitrogens with zero attached hydrogens (tertiary/aromatic N) is 1. The number of benzene rings is 2. The van der Waals surface area contributed by atoms with Gasteiger partial charge in [0.15, 0.2) is 11.5 Å². The molecule has 136 valence electrons. The molecule has 0 saturated carbocycles. The van der Waals surface area contributed by atoms with Gasteiger partial charge in [-0.25, -0.2) is 4.98 Å². The van der Waals surface area contributed by atoms with Crippen molar-refractivity contribution in [2.24, 2.45) is 0 Å². The minimum atomic E-state index is -0.151. The van der Waals surface area contributed by atoms with Gasteiger partial charge in [-0.1, -0.05) is 36.4 Å². The Morgan fingerprint density at radius 3 is 2.85 bits per heavy atom. The zero-order valence-corrected chi connectivity index (χ0v) is 15.6. The van der Waals surface area contributed by atoms with Crippen LogP contribution >= 0.6 is 11.3 Å². The molecule has 27 heavy (non-hydrogen) atoms. The summed E-state index contributed by atoms with van der Waals surface area (Å²) in [6.45, 7) is 2.66. The number of carbonyl (C=O) groups excluding carboxylic acids is 1. The van der Waals surface area contributed by atoms with Crippen molar-refractivity contribution in [2.45, 2.75) is 13.5 Å². The standard InChI is InChI=1S/C21H18N2O3S/c1-14-19(27-21(23-14)16-5-3-2-4-6-16)12-22-20(24)10-8-15-7-9-17-18(11-15)26-13-25-17/h2-11H,12-13H2,1H3,(H,22,24)/b10-8+. The number of hydrogen-bond acceptors (Lipinski definition) is 5. The van der Waals surface area contributed by atoms with Crippen molar-refractivity contribution in [3.63, 3.8) is 0 Å². The zero-order chi connectivity index (χ0) is 18.6. The largest absolute Gasteiger partial charge is 0.454 e. The van der Waals surface area contributed by atoms with Crippen LogP contribution < -0.4 is 14.8 Å². The van der Waals surface area contributed by atoms with Crippen LogP contribution in [0.5, 0.6) is 11.5 Å². The van der Waals surface area contributed by atoms with Gasteiger partial charge in [0.2, 0.25) is 12.7 Å². The monoisotopic (exact) mass is 378 g/mol. The van der Waals surface area contributed by atoms with E-state index < -0.39 is 0 Å². The molecule has 2 heterocycles. The normalized spacial score (nSPS) is 12.5. The van der Waals surface area contributed by atoms with E-state index in [9.17, 15) is 4.79 Å². The minimum absolute atomic E-state index is 0.151. The van der Waals surface area contributed by atoms with E-state index in [1.165, 1.54) is 6.08 Å². The maximum atomic E-state index is 12.1. The van der Waals surface area contributed by atoms with E-state index in [0.29, 0.717) is 12.3 Å². The van der Waals surface area contributed by atoms with Crippen LogP contribution in [0.25, 0.3) is 16.6 Å². The maximum Gasteiger partial charge on any atom is 0.244 e. The van der Waals surface area contributed by atoms with E-state index >= 15 is 0 Å². The summed E-state index contributed by atoms with van der Waals surface area (Å²) in [6.07, 6.45) is 3.28.